The second kappa shape index (κ2) is 6.38. The Hall–Kier alpha value is -0.0900. The van der Waals surface area contributed by atoms with Gasteiger partial charge in [-0.2, -0.15) is 0 Å². The van der Waals surface area contributed by atoms with Gasteiger partial charge < -0.3 is 9.64 Å². The van der Waals surface area contributed by atoms with Gasteiger partial charge in [0.05, 0.1) is 12.0 Å². The molecule has 0 spiro atoms. The Labute approximate surface area is 118 Å². The fourth-order valence-corrected chi connectivity index (χ4v) is 3.09. The fourth-order valence-electron chi connectivity index (χ4n) is 2.84. The summed E-state index contributed by atoms with van der Waals surface area (Å²) in [5, 5.41) is 0.971. The molecule has 0 bridgehead atoms. The molecule has 0 aromatic carbocycles. The van der Waals surface area contributed by atoms with Gasteiger partial charge in [-0.15, -0.1) is 0 Å². The lowest BCUT2D eigenvalue weighted by Crippen LogP contribution is -2.50. The summed E-state index contributed by atoms with van der Waals surface area (Å²) in [5.41, 5.74) is -0.131. The van der Waals surface area contributed by atoms with Crippen molar-refractivity contribution in [1.82, 2.24) is 4.90 Å². The summed E-state index contributed by atoms with van der Waals surface area (Å²) in [6.45, 7) is 0.897. The highest BCUT2D eigenvalue weighted by molar-refractivity contribution is 9.09. The van der Waals surface area contributed by atoms with Crippen LogP contribution in [0.3, 0.4) is 0 Å². The third kappa shape index (κ3) is 3.08. The van der Waals surface area contributed by atoms with Crippen molar-refractivity contribution in [3.05, 3.63) is 0 Å². The van der Waals surface area contributed by atoms with Gasteiger partial charge in [-0.05, 0) is 44.9 Å². The van der Waals surface area contributed by atoms with Crippen LogP contribution in [0.2, 0.25) is 0 Å². The highest BCUT2D eigenvalue weighted by Crippen LogP contribution is 2.39. The minimum absolute atomic E-state index is 0.131. The number of ether oxygens (including phenoxy) is 1. The van der Waals surface area contributed by atoms with Gasteiger partial charge in [-0.1, -0.05) is 15.9 Å². The molecule has 0 saturated heterocycles. The van der Waals surface area contributed by atoms with E-state index in [9.17, 15) is 4.79 Å². The zero-order chi connectivity index (χ0) is 13.0. The molecule has 4 heteroatoms. The molecule has 104 valence electrons. The van der Waals surface area contributed by atoms with E-state index >= 15 is 0 Å². The molecule has 0 atom stereocenters. The van der Waals surface area contributed by atoms with Crippen molar-refractivity contribution < 1.29 is 9.53 Å². The first-order valence-electron chi connectivity index (χ1n) is 7.11. The smallest absolute Gasteiger partial charge is 0.225 e. The van der Waals surface area contributed by atoms with Crippen LogP contribution >= 0.6 is 15.9 Å². The summed E-state index contributed by atoms with van der Waals surface area (Å²) >= 11 is 3.45. The second-order valence-electron chi connectivity index (χ2n) is 5.63. The zero-order valence-corrected chi connectivity index (χ0v) is 12.9. The van der Waals surface area contributed by atoms with Crippen LogP contribution in [0, 0.1) is 0 Å². The van der Waals surface area contributed by atoms with Gasteiger partial charge in [-0.3, -0.25) is 4.79 Å². The highest BCUT2D eigenvalue weighted by atomic mass is 79.9. The van der Waals surface area contributed by atoms with Crippen LogP contribution in [0.1, 0.15) is 51.4 Å². The third-order valence-electron chi connectivity index (χ3n) is 4.54. The molecular weight excluding hydrogens is 294 g/mol. The highest BCUT2D eigenvalue weighted by Gasteiger charge is 2.41. The molecule has 0 aliphatic heterocycles. The van der Waals surface area contributed by atoms with Crippen LogP contribution in [0.5, 0.6) is 0 Å². The van der Waals surface area contributed by atoms with Crippen LogP contribution in [0.25, 0.3) is 0 Å². The minimum atomic E-state index is -0.131. The standard InChI is InChI=1S/C14H24BrNO2/c1-18-14(7-3-8-14)11-13(17)16(10-4-9-15)12-5-2-6-12/h12H,2-11H2,1H3. The number of carbonyl (C=O) groups excluding carboxylic acids is 1. The van der Waals surface area contributed by atoms with Crippen LogP contribution in [-0.2, 0) is 9.53 Å². The van der Waals surface area contributed by atoms with Gasteiger partial charge in [0.2, 0.25) is 5.91 Å². The van der Waals surface area contributed by atoms with Gasteiger partial charge in [0.25, 0.3) is 0 Å². The van der Waals surface area contributed by atoms with Gasteiger partial charge in [0.1, 0.15) is 0 Å². The molecular formula is C14H24BrNO2. The number of halogens is 1. The Morgan fingerprint density at radius 1 is 1.39 bits per heavy atom. The summed E-state index contributed by atoms with van der Waals surface area (Å²) in [6.07, 6.45) is 8.58. The SMILES string of the molecule is COC1(CC(=O)N(CCCBr)C2CCC2)CCC1. The van der Waals surface area contributed by atoms with Crippen LogP contribution in [0.15, 0.2) is 0 Å². The lowest BCUT2D eigenvalue weighted by atomic mass is 9.77. The molecule has 1 amide bonds. The summed E-state index contributed by atoms with van der Waals surface area (Å²) < 4.78 is 5.57. The molecule has 0 radical (unpaired) electrons. The molecule has 3 nitrogen and oxygen atoms in total. The van der Waals surface area contributed by atoms with E-state index in [0.717, 1.165) is 31.1 Å². The van der Waals surface area contributed by atoms with Crippen LogP contribution < -0.4 is 0 Å². The molecule has 2 rings (SSSR count). The van der Waals surface area contributed by atoms with E-state index in [1.807, 2.05) is 0 Å². The Morgan fingerprint density at radius 3 is 2.50 bits per heavy atom. The van der Waals surface area contributed by atoms with Gasteiger partial charge >= 0.3 is 0 Å². The Kier molecular flexibility index (Phi) is 5.07. The number of rotatable bonds is 7. The molecule has 18 heavy (non-hydrogen) atoms. The van der Waals surface area contributed by atoms with Crippen LogP contribution in [-0.4, -0.2) is 41.4 Å². The average Bonchev–Trinajstić information content (AvgIpc) is 2.26. The molecule has 0 unspecified atom stereocenters. The van der Waals surface area contributed by atoms with E-state index in [1.165, 1.54) is 25.7 Å². The predicted molar refractivity (Wildman–Crippen MR) is 76.0 cm³/mol. The van der Waals surface area contributed by atoms with Crippen molar-refractivity contribution in [3.63, 3.8) is 0 Å². The fraction of sp³-hybridized carbons (Fsp3) is 0.929. The van der Waals surface area contributed by atoms with E-state index < -0.39 is 0 Å². The number of hydrogen-bond donors (Lipinski definition) is 0. The molecule has 0 N–H and O–H groups in total. The van der Waals surface area contributed by atoms with Crippen molar-refractivity contribution in [2.75, 3.05) is 19.0 Å². The largest absolute Gasteiger partial charge is 0.378 e. The van der Waals surface area contributed by atoms with E-state index in [1.54, 1.807) is 7.11 Å². The molecule has 2 saturated carbocycles. The molecule has 2 fully saturated rings. The molecule has 2 aliphatic rings. The summed E-state index contributed by atoms with van der Waals surface area (Å²) in [7, 11) is 1.75. The number of alkyl halides is 1. The monoisotopic (exact) mass is 317 g/mol. The first-order valence-corrected chi connectivity index (χ1v) is 8.23. The maximum Gasteiger partial charge on any atom is 0.225 e. The van der Waals surface area contributed by atoms with E-state index in [2.05, 4.69) is 20.8 Å². The van der Waals surface area contributed by atoms with E-state index in [4.69, 9.17) is 4.74 Å². The van der Waals surface area contributed by atoms with E-state index in [-0.39, 0.29) is 5.60 Å². The first-order chi connectivity index (χ1) is 8.71. The number of methoxy groups -OCH3 is 1. The second-order valence-corrected chi connectivity index (χ2v) is 6.42. The Bertz CT molecular complexity index is 282. The summed E-state index contributed by atoms with van der Waals surface area (Å²) in [5.74, 6) is 0.308. The lowest BCUT2D eigenvalue weighted by Gasteiger charge is -2.43. The maximum atomic E-state index is 12.5. The van der Waals surface area contributed by atoms with Crippen molar-refractivity contribution in [2.24, 2.45) is 0 Å². The van der Waals surface area contributed by atoms with Crippen molar-refractivity contribution in [3.8, 4) is 0 Å². The number of nitrogens with zero attached hydrogens (tertiary/aromatic N) is 1. The number of amides is 1. The van der Waals surface area contributed by atoms with Crippen LogP contribution in [0.4, 0.5) is 0 Å². The molecule has 0 aromatic rings. The minimum Gasteiger partial charge on any atom is -0.378 e. The third-order valence-corrected chi connectivity index (χ3v) is 5.10. The quantitative estimate of drug-likeness (QED) is 0.675. The van der Waals surface area contributed by atoms with E-state index in [0.29, 0.717) is 18.4 Å². The summed E-state index contributed by atoms with van der Waals surface area (Å²) in [4.78, 5) is 14.6. The van der Waals surface area contributed by atoms with Crippen molar-refractivity contribution >= 4 is 21.8 Å². The topological polar surface area (TPSA) is 29.5 Å². The first kappa shape index (κ1) is 14.3. The van der Waals surface area contributed by atoms with Gasteiger partial charge in [0.15, 0.2) is 0 Å². The average molecular weight is 318 g/mol. The lowest BCUT2D eigenvalue weighted by molar-refractivity contribution is -0.147. The molecule has 0 heterocycles. The predicted octanol–water partition coefficient (Wildman–Crippen LogP) is 3.11. The van der Waals surface area contributed by atoms with Gasteiger partial charge in [0, 0.05) is 25.0 Å². The van der Waals surface area contributed by atoms with Gasteiger partial charge in [-0.25, -0.2) is 0 Å². The Balaban J connectivity index is 1.89. The zero-order valence-electron chi connectivity index (χ0n) is 11.3. The summed E-state index contributed by atoms with van der Waals surface area (Å²) in [6, 6.07) is 0.505. The number of hydrogen-bond acceptors (Lipinski definition) is 2. The Morgan fingerprint density at radius 2 is 2.11 bits per heavy atom. The maximum absolute atomic E-state index is 12.5. The normalized spacial score (nSPS) is 22.1. The van der Waals surface area contributed by atoms with Crippen molar-refractivity contribution in [1.29, 1.82) is 0 Å². The number of carbonyl (C=O) groups is 1. The molecule has 2 aliphatic carbocycles. The molecule has 0 aromatic heterocycles. The van der Waals surface area contributed by atoms with Crippen molar-refractivity contribution in [2.45, 2.75) is 63.0 Å².